The van der Waals surface area contributed by atoms with Gasteiger partial charge < -0.3 is 9.84 Å². The number of halogens is 3. The van der Waals surface area contributed by atoms with Crippen LogP contribution in [0.3, 0.4) is 0 Å². The Balaban J connectivity index is 1.20. The van der Waals surface area contributed by atoms with Crippen molar-refractivity contribution in [3.8, 4) is 11.3 Å². The maximum atomic E-state index is 13.4. The molecule has 0 saturated carbocycles. The molecule has 9 nitrogen and oxygen atoms in total. The highest BCUT2D eigenvalue weighted by Crippen LogP contribution is 2.35. The van der Waals surface area contributed by atoms with E-state index in [0.29, 0.717) is 49.7 Å². The molecule has 1 atom stereocenters. The van der Waals surface area contributed by atoms with E-state index in [-0.39, 0.29) is 16.5 Å². The summed E-state index contributed by atoms with van der Waals surface area (Å²) in [6.07, 6.45) is -1.88. The van der Waals surface area contributed by atoms with Gasteiger partial charge in [-0.3, -0.25) is 4.90 Å². The van der Waals surface area contributed by atoms with E-state index in [1.165, 1.54) is 16.6 Å². The van der Waals surface area contributed by atoms with Crippen LogP contribution in [0.1, 0.15) is 12.5 Å². The summed E-state index contributed by atoms with van der Waals surface area (Å²) in [5.41, 5.74) is -0.228. The third-order valence-electron chi connectivity index (χ3n) is 6.43. The summed E-state index contributed by atoms with van der Waals surface area (Å²) in [7, 11) is -3.65. The maximum Gasteiger partial charge on any atom is 0.418 e. The van der Waals surface area contributed by atoms with Gasteiger partial charge in [-0.1, -0.05) is 11.2 Å². The number of anilines is 1. The van der Waals surface area contributed by atoms with E-state index in [1.807, 2.05) is 6.92 Å². The number of alkyl halides is 3. The molecule has 3 heterocycles. The SMILES string of the molecule is CC(CN1CCN(S(=O)(=O)c2ccc(-c3ccno3)cc2)CC1)Nc1ncnc2c(C(F)(F)F)cccc12. The molecule has 5 rings (SSSR count). The Bertz CT molecular complexity index is 1500. The highest BCUT2D eigenvalue weighted by molar-refractivity contribution is 7.89. The smallest absolute Gasteiger partial charge is 0.366 e. The third-order valence-corrected chi connectivity index (χ3v) is 8.34. The lowest BCUT2D eigenvalue weighted by Crippen LogP contribution is -2.50. The third kappa shape index (κ3) is 5.35. The van der Waals surface area contributed by atoms with Gasteiger partial charge in [0.25, 0.3) is 0 Å². The Morgan fingerprint density at radius 1 is 1.03 bits per heavy atom. The summed E-state index contributed by atoms with van der Waals surface area (Å²) in [6.45, 7) is 4.15. The molecule has 0 aliphatic carbocycles. The van der Waals surface area contributed by atoms with Gasteiger partial charge in [0.2, 0.25) is 10.0 Å². The monoisotopic (exact) mass is 546 g/mol. The Labute approximate surface area is 217 Å². The molecule has 0 radical (unpaired) electrons. The number of para-hydroxylation sites is 1. The number of nitrogens with one attached hydrogen (secondary N) is 1. The minimum absolute atomic E-state index is 0.155. The molecule has 200 valence electrons. The first-order valence-electron chi connectivity index (χ1n) is 11.9. The zero-order chi connectivity index (χ0) is 26.9. The molecular weight excluding hydrogens is 521 g/mol. The van der Waals surface area contributed by atoms with E-state index in [1.54, 1.807) is 36.4 Å². The van der Waals surface area contributed by atoms with Crippen LogP contribution >= 0.6 is 0 Å². The van der Waals surface area contributed by atoms with E-state index in [4.69, 9.17) is 4.52 Å². The molecule has 13 heteroatoms. The minimum Gasteiger partial charge on any atom is -0.366 e. The molecule has 2 aromatic heterocycles. The zero-order valence-corrected chi connectivity index (χ0v) is 21.2. The molecular formula is C25H25F3N6O3S. The first-order chi connectivity index (χ1) is 18.1. The van der Waals surface area contributed by atoms with Crippen LogP contribution < -0.4 is 5.32 Å². The molecule has 2 aromatic carbocycles. The number of benzene rings is 2. The summed E-state index contributed by atoms with van der Waals surface area (Å²) in [4.78, 5) is 10.3. The fourth-order valence-corrected chi connectivity index (χ4v) is 5.98. The van der Waals surface area contributed by atoms with E-state index >= 15 is 0 Å². The predicted molar refractivity (Wildman–Crippen MR) is 135 cm³/mol. The first kappa shape index (κ1) is 26.1. The Morgan fingerprint density at radius 3 is 2.42 bits per heavy atom. The molecule has 1 unspecified atom stereocenters. The highest BCUT2D eigenvalue weighted by atomic mass is 32.2. The first-order valence-corrected chi connectivity index (χ1v) is 13.4. The van der Waals surface area contributed by atoms with Gasteiger partial charge in [0, 0.05) is 55.8 Å². The van der Waals surface area contributed by atoms with Crippen LogP contribution in [0.15, 0.2) is 70.5 Å². The van der Waals surface area contributed by atoms with Gasteiger partial charge in [-0.15, -0.1) is 0 Å². The average Bonchev–Trinajstić information content (AvgIpc) is 3.44. The zero-order valence-electron chi connectivity index (χ0n) is 20.4. The van der Waals surface area contributed by atoms with E-state index in [9.17, 15) is 21.6 Å². The van der Waals surface area contributed by atoms with Crippen LogP contribution in [0.4, 0.5) is 19.0 Å². The lowest BCUT2D eigenvalue weighted by Gasteiger charge is -2.35. The van der Waals surface area contributed by atoms with Gasteiger partial charge in [-0.2, -0.15) is 17.5 Å². The Kier molecular flexibility index (Phi) is 7.07. The number of piperazine rings is 1. The Morgan fingerprint density at radius 2 is 1.76 bits per heavy atom. The number of sulfonamides is 1. The largest absolute Gasteiger partial charge is 0.418 e. The van der Waals surface area contributed by atoms with Crippen molar-refractivity contribution in [2.75, 3.05) is 38.0 Å². The fraction of sp³-hybridized carbons (Fsp3) is 0.320. The lowest BCUT2D eigenvalue weighted by atomic mass is 10.1. The molecule has 4 aromatic rings. The van der Waals surface area contributed by atoms with Crippen LogP contribution in [-0.2, 0) is 16.2 Å². The van der Waals surface area contributed by atoms with E-state index in [2.05, 4.69) is 25.3 Å². The molecule has 1 fully saturated rings. The van der Waals surface area contributed by atoms with Crippen molar-refractivity contribution >= 4 is 26.7 Å². The van der Waals surface area contributed by atoms with Gasteiger partial charge in [-0.05, 0) is 43.3 Å². The van der Waals surface area contributed by atoms with Crippen LogP contribution in [-0.4, -0.2) is 71.5 Å². The fourth-order valence-electron chi connectivity index (χ4n) is 4.56. The second-order valence-corrected chi connectivity index (χ2v) is 11.0. The van der Waals surface area contributed by atoms with Crippen LogP contribution in [0.5, 0.6) is 0 Å². The molecule has 38 heavy (non-hydrogen) atoms. The summed E-state index contributed by atoms with van der Waals surface area (Å²) >= 11 is 0. The maximum absolute atomic E-state index is 13.4. The molecule has 0 bridgehead atoms. The van der Waals surface area contributed by atoms with Gasteiger partial charge in [0.1, 0.15) is 12.1 Å². The molecule has 1 saturated heterocycles. The number of hydrogen-bond acceptors (Lipinski definition) is 8. The average molecular weight is 547 g/mol. The molecule has 0 spiro atoms. The van der Waals surface area contributed by atoms with Crippen molar-refractivity contribution in [2.24, 2.45) is 0 Å². The topological polar surface area (TPSA) is 104 Å². The minimum atomic E-state index is -4.52. The lowest BCUT2D eigenvalue weighted by molar-refractivity contribution is -0.136. The van der Waals surface area contributed by atoms with E-state index in [0.717, 1.165) is 18.0 Å². The molecule has 1 aliphatic heterocycles. The Hall–Kier alpha value is -3.55. The van der Waals surface area contributed by atoms with Crippen molar-refractivity contribution < 1.29 is 26.1 Å². The second kappa shape index (κ2) is 10.3. The number of rotatable bonds is 7. The van der Waals surface area contributed by atoms with Crippen molar-refractivity contribution in [1.82, 2.24) is 24.3 Å². The normalized spacial score (nSPS) is 16.5. The predicted octanol–water partition coefficient (Wildman–Crippen LogP) is 4.11. The summed E-state index contributed by atoms with van der Waals surface area (Å²) in [5, 5.41) is 7.14. The number of hydrogen-bond donors (Lipinski definition) is 1. The van der Waals surface area contributed by atoms with Gasteiger partial charge in [0.05, 0.1) is 22.2 Å². The van der Waals surface area contributed by atoms with Crippen LogP contribution in [0.2, 0.25) is 0 Å². The van der Waals surface area contributed by atoms with Gasteiger partial charge in [-0.25, -0.2) is 18.4 Å². The quantitative estimate of drug-likeness (QED) is 0.369. The van der Waals surface area contributed by atoms with Crippen molar-refractivity contribution in [1.29, 1.82) is 0 Å². The summed E-state index contributed by atoms with van der Waals surface area (Å²) in [5.74, 6) is 0.879. The van der Waals surface area contributed by atoms with E-state index < -0.39 is 21.8 Å². The summed E-state index contributed by atoms with van der Waals surface area (Å²) < 4.78 is 73.0. The van der Waals surface area contributed by atoms with Crippen LogP contribution in [0.25, 0.3) is 22.2 Å². The van der Waals surface area contributed by atoms with Crippen molar-refractivity contribution in [3.63, 3.8) is 0 Å². The second-order valence-electron chi connectivity index (χ2n) is 9.07. The standard InChI is InChI=1S/C25H25F3N6O3S/c1-17(32-24-20-3-2-4-21(25(26,27)28)23(20)29-16-30-24)15-33-11-13-34(14-12-33)38(35,36)19-7-5-18(6-8-19)22-9-10-31-37-22/h2-10,16-17H,11-15H2,1H3,(H,29,30,32). The highest BCUT2D eigenvalue weighted by Gasteiger charge is 2.34. The summed E-state index contributed by atoms with van der Waals surface area (Å²) in [6, 6.07) is 11.9. The van der Waals surface area contributed by atoms with Crippen molar-refractivity contribution in [2.45, 2.75) is 24.0 Å². The molecule has 1 N–H and O–H groups in total. The molecule has 0 amide bonds. The van der Waals surface area contributed by atoms with Crippen molar-refractivity contribution in [3.05, 3.63) is 66.6 Å². The van der Waals surface area contributed by atoms with Gasteiger partial charge in [0.15, 0.2) is 5.76 Å². The number of fused-ring (bicyclic) bond motifs is 1. The van der Waals surface area contributed by atoms with Gasteiger partial charge >= 0.3 is 6.18 Å². The number of aromatic nitrogens is 3. The number of nitrogens with zero attached hydrogens (tertiary/aromatic N) is 5. The van der Waals surface area contributed by atoms with Crippen LogP contribution in [0, 0.1) is 0 Å². The molecule has 1 aliphatic rings.